The van der Waals surface area contributed by atoms with Gasteiger partial charge in [-0.15, -0.1) is 0 Å². The van der Waals surface area contributed by atoms with Crippen molar-refractivity contribution in [2.75, 3.05) is 26.4 Å². The van der Waals surface area contributed by atoms with Crippen LogP contribution in [0.3, 0.4) is 0 Å². The predicted molar refractivity (Wildman–Crippen MR) is 186 cm³/mol. The van der Waals surface area contributed by atoms with Crippen LogP contribution in [0.15, 0.2) is 76.5 Å². The van der Waals surface area contributed by atoms with E-state index < -0.39 is 0 Å². The Kier molecular flexibility index (Phi) is 12.1. The van der Waals surface area contributed by atoms with Crippen molar-refractivity contribution in [1.29, 1.82) is 0 Å². The molecule has 1 fully saturated rings. The molecule has 1 aliphatic heterocycles. The van der Waals surface area contributed by atoms with Crippen LogP contribution in [0.2, 0.25) is 0 Å². The van der Waals surface area contributed by atoms with Crippen LogP contribution in [0.4, 0.5) is 5.69 Å². The van der Waals surface area contributed by atoms with Crippen LogP contribution in [0.25, 0.3) is 11.1 Å². The maximum atomic E-state index is 6.71. The van der Waals surface area contributed by atoms with E-state index in [1.165, 1.54) is 11.8 Å². The first kappa shape index (κ1) is 33.4. The van der Waals surface area contributed by atoms with E-state index in [9.17, 15) is 0 Å². The third kappa shape index (κ3) is 8.77. The van der Waals surface area contributed by atoms with E-state index in [2.05, 4.69) is 74.7 Å². The molecule has 1 aromatic heterocycles. The molecule has 4 rings (SSSR count). The molecule has 44 heavy (non-hydrogen) atoms. The molecule has 2 heterocycles. The highest BCUT2D eigenvalue weighted by molar-refractivity contribution is 7.98. The van der Waals surface area contributed by atoms with E-state index in [1.807, 2.05) is 24.4 Å². The minimum Gasteiger partial charge on any atom is -0.491 e. The number of rotatable bonds is 14. The number of aromatic amines is 1. The maximum Gasteiger partial charge on any atom is 0.135 e. The van der Waals surface area contributed by atoms with Crippen molar-refractivity contribution in [3.05, 3.63) is 83.3 Å². The van der Waals surface area contributed by atoms with E-state index in [4.69, 9.17) is 30.9 Å². The van der Waals surface area contributed by atoms with Crippen LogP contribution in [0, 0.1) is 6.92 Å². The molecule has 0 bridgehead atoms. The molecule has 0 radical (unpaired) electrons. The van der Waals surface area contributed by atoms with Gasteiger partial charge in [0.1, 0.15) is 18.2 Å². The number of aryl methyl sites for hydroxylation is 2. The van der Waals surface area contributed by atoms with Crippen molar-refractivity contribution in [1.82, 2.24) is 9.71 Å². The molecular formula is C35H48N6O2S. The number of benzene rings is 2. The lowest BCUT2D eigenvalue weighted by atomic mass is 9.98. The van der Waals surface area contributed by atoms with Crippen molar-refractivity contribution in [2.24, 2.45) is 21.5 Å². The number of unbranched alkanes of at least 4 members (excludes halogenated alkanes) is 1. The first-order valence-corrected chi connectivity index (χ1v) is 16.4. The third-order valence-corrected chi connectivity index (χ3v) is 8.91. The molecule has 1 atom stereocenters. The Morgan fingerprint density at radius 3 is 2.57 bits per heavy atom. The van der Waals surface area contributed by atoms with Crippen LogP contribution in [-0.2, 0) is 11.2 Å². The van der Waals surface area contributed by atoms with Gasteiger partial charge in [-0.25, -0.2) is 4.99 Å². The van der Waals surface area contributed by atoms with Crippen LogP contribution in [0.5, 0.6) is 5.75 Å². The second kappa shape index (κ2) is 16.0. The Morgan fingerprint density at radius 2 is 1.86 bits per heavy atom. The summed E-state index contributed by atoms with van der Waals surface area (Å²) in [5.41, 5.74) is 20.4. The first-order chi connectivity index (χ1) is 21.2. The zero-order valence-electron chi connectivity index (χ0n) is 26.8. The monoisotopic (exact) mass is 616 g/mol. The molecule has 0 amide bonds. The maximum absolute atomic E-state index is 6.71. The summed E-state index contributed by atoms with van der Waals surface area (Å²) in [4.78, 5) is 13.6. The lowest BCUT2D eigenvalue weighted by molar-refractivity contribution is 0.0981. The lowest BCUT2D eigenvalue weighted by Gasteiger charge is -2.36. The molecule has 1 saturated heterocycles. The normalized spacial score (nSPS) is 17.6. The van der Waals surface area contributed by atoms with Gasteiger partial charge in [0.15, 0.2) is 0 Å². The number of nitrogens with zero attached hydrogens (tertiary/aromatic N) is 2. The molecule has 0 saturated carbocycles. The highest BCUT2D eigenvalue weighted by Gasteiger charge is 2.34. The molecular weight excluding hydrogens is 568 g/mol. The molecule has 236 valence electrons. The Bertz CT molecular complexity index is 1460. The minimum atomic E-state index is -0.117. The van der Waals surface area contributed by atoms with Gasteiger partial charge in [0.25, 0.3) is 0 Å². The summed E-state index contributed by atoms with van der Waals surface area (Å²) < 4.78 is 14.8. The van der Waals surface area contributed by atoms with Gasteiger partial charge >= 0.3 is 0 Å². The Labute approximate surface area is 266 Å². The van der Waals surface area contributed by atoms with Crippen LogP contribution in [-0.4, -0.2) is 53.7 Å². The van der Waals surface area contributed by atoms with Gasteiger partial charge in [-0.1, -0.05) is 62.0 Å². The number of H-pyrrole nitrogens is 1. The largest absolute Gasteiger partial charge is 0.491 e. The second-order valence-corrected chi connectivity index (χ2v) is 13.1. The smallest absolute Gasteiger partial charge is 0.135 e. The zero-order chi connectivity index (χ0) is 31.5. The highest BCUT2D eigenvalue weighted by atomic mass is 32.2. The number of nitrogens with two attached hydrogens (primary N) is 2. The number of aliphatic imine (C=N–C) groups is 2. The van der Waals surface area contributed by atoms with Crippen LogP contribution < -0.4 is 20.9 Å². The number of hydrogen-bond acceptors (Lipinski definition) is 7. The van der Waals surface area contributed by atoms with Crippen molar-refractivity contribution < 1.29 is 9.47 Å². The van der Waals surface area contributed by atoms with Gasteiger partial charge in [0, 0.05) is 30.3 Å². The highest BCUT2D eigenvalue weighted by Crippen LogP contribution is 2.34. The van der Waals surface area contributed by atoms with Gasteiger partial charge in [-0.3, -0.25) is 9.71 Å². The Balaban J connectivity index is 1.62. The summed E-state index contributed by atoms with van der Waals surface area (Å²) in [6.07, 6.45) is 7.47. The van der Waals surface area contributed by atoms with Crippen LogP contribution in [0.1, 0.15) is 63.8 Å². The zero-order valence-corrected chi connectivity index (χ0v) is 27.6. The van der Waals surface area contributed by atoms with Crippen molar-refractivity contribution in [3.63, 3.8) is 0 Å². The fraction of sp³-hybridized carbons (Fsp3) is 0.429. The SMILES string of the molecule is CCCCOCCOc1ccc(-c2c[nH]c(C(=NC3CCNSC3(C)C)/C(=C\N)C(N)=Nc3ccc(C)cc3CC)c2)cc1. The summed E-state index contributed by atoms with van der Waals surface area (Å²) in [5, 5.41) is 0. The topological polar surface area (TPSA) is 123 Å². The fourth-order valence-corrected chi connectivity index (χ4v) is 6.00. The van der Waals surface area contributed by atoms with E-state index in [0.717, 1.165) is 72.7 Å². The number of amidine groups is 1. The summed E-state index contributed by atoms with van der Waals surface area (Å²) in [6.45, 7) is 13.5. The molecule has 0 spiro atoms. The van der Waals surface area contributed by atoms with Gasteiger partial charge in [0.2, 0.25) is 0 Å². The number of ether oxygens (including phenoxy) is 2. The second-order valence-electron chi connectivity index (χ2n) is 11.6. The molecule has 2 aromatic carbocycles. The molecule has 6 N–H and O–H groups in total. The summed E-state index contributed by atoms with van der Waals surface area (Å²) >= 11 is 1.72. The van der Waals surface area contributed by atoms with Crippen molar-refractivity contribution in [2.45, 2.75) is 71.1 Å². The van der Waals surface area contributed by atoms with E-state index in [0.29, 0.717) is 30.3 Å². The molecule has 9 heteroatoms. The standard InChI is InChI=1S/C35H48N6O2S/c1-6-8-17-42-18-19-43-28-12-10-26(11-13-28)27-21-31(38-23-27)33(41-32-15-16-39-44-35(32,4)5)29(22-36)34(37)40-30-14-9-24(3)20-25(30)7-2/h9-14,20-23,32,38-39H,6-8,15-19,36H2,1-5H3,(H2,37,40)/b29-22+,41-33?. The number of nitrogens with one attached hydrogen (secondary N) is 2. The molecule has 1 aliphatic rings. The van der Waals surface area contributed by atoms with E-state index in [1.54, 1.807) is 11.9 Å². The van der Waals surface area contributed by atoms with Gasteiger partial charge in [0.05, 0.1) is 35.3 Å². The van der Waals surface area contributed by atoms with Crippen molar-refractivity contribution in [3.8, 4) is 16.9 Å². The Morgan fingerprint density at radius 1 is 1.07 bits per heavy atom. The molecule has 8 nitrogen and oxygen atoms in total. The summed E-state index contributed by atoms with van der Waals surface area (Å²) in [7, 11) is 0. The summed E-state index contributed by atoms with van der Waals surface area (Å²) in [5.74, 6) is 1.15. The minimum absolute atomic E-state index is 0.0474. The number of hydrogen-bond donors (Lipinski definition) is 4. The molecule has 3 aromatic rings. The first-order valence-electron chi connectivity index (χ1n) is 15.6. The lowest BCUT2D eigenvalue weighted by Crippen LogP contribution is -2.42. The van der Waals surface area contributed by atoms with Crippen LogP contribution >= 0.6 is 11.9 Å². The predicted octanol–water partition coefficient (Wildman–Crippen LogP) is 6.86. The fourth-order valence-electron chi connectivity index (χ4n) is 5.10. The Hall–Kier alpha value is -3.53. The quantitative estimate of drug-likeness (QED) is 0.0679. The average Bonchev–Trinajstić information content (AvgIpc) is 3.51. The van der Waals surface area contributed by atoms with Gasteiger partial charge < -0.3 is 25.9 Å². The van der Waals surface area contributed by atoms with Gasteiger partial charge in [-0.05, 0) is 81.0 Å². The van der Waals surface area contributed by atoms with Crippen molar-refractivity contribution >= 4 is 29.2 Å². The summed E-state index contributed by atoms with van der Waals surface area (Å²) in [6, 6.07) is 16.4. The molecule has 0 aliphatic carbocycles. The van der Waals surface area contributed by atoms with Gasteiger partial charge in [-0.2, -0.15) is 0 Å². The van der Waals surface area contributed by atoms with E-state index in [-0.39, 0.29) is 10.8 Å². The number of aromatic nitrogens is 1. The van der Waals surface area contributed by atoms with E-state index >= 15 is 0 Å². The third-order valence-electron chi connectivity index (χ3n) is 7.76. The molecule has 1 unspecified atom stereocenters. The average molecular weight is 617 g/mol.